The zero-order valence-electron chi connectivity index (χ0n) is 16.9. The monoisotopic (exact) mass is 414 g/mol. The fraction of sp³-hybridized carbons (Fsp3) is 0.381. The van der Waals surface area contributed by atoms with Crippen LogP contribution in [0.1, 0.15) is 46.6 Å². The molecule has 0 saturated heterocycles. The summed E-state index contributed by atoms with van der Waals surface area (Å²) in [4.78, 5) is 10.3. The molecule has 6 nitrogen and oxygen atoms in total. The fourth-order valence-corrected chi connectivity index (χ4v) is 4.11. The van der Waals surface area contributed by atoms with E-state index in [1.807, 2.05) is 37.3 Å². The molecule has 0 amide bonds. The van der Waals surface area contributed by atoms with Gasteiger partial charge in [0.2, 0.25) is 5.78 Å². The van der Waals surface area contributed by atoms with Gasteiger partial charge in [-0.05, 0) is 38.0 Å². The molecule has 0 radical (unpaired) electrons. The van der Waals surface area contributed by atoms with Crippen LogP contribution in [0.25, 0.3) is 5.78 Å². The van der Waals surface area contributed by atoms with Crippen molar-refractivity contribution in [2.45, 2.75) is 46.1 Å². The van der Waals surface area contributed by atoms with E-state index in [9.17, 15) is 18.4 Å². The second-order valence-corrected chi connectivity index (χ2v) is 7.68. The van der Waals surface area contributed by atoms with Gasteiger partial charge in [0.05, 0.1) is 30.4 Å². The van der Waals surface area contributed by atoms with Crippen LogP contribution < -0.4 is 5.32 Å². The van der Waals surface area contributed by atoms with Gasteiger partial charge >= 0.3 is 6.18 Å². The number of hydrogen-bond acceptors (Lipinski definition) is 5. The van der Waals surface area contributed by atoms with Gasteiger partial charge in [0, 0.05) is 30.0 Å². The Bertz CT molecular complexity index is 1160. The molecule has 0 saturated carbocycles. The first-order valence-corrected chi connectivity index (χ1v) is 9.59. The summed E-state index contributed by atoms with van der Waals surface area (Å²) >= 11 is 0. The van der Waals surface area contributed by atoms with Gasteiger partial charge in [-0.15, -0.1) is 0 Å². The number of aromatic nitrogens is 3. The van der Waals surface area contributed by atoms with Gasteiger partial charge in [-0.25, -0.2) is 4.98 Å². The summed E-state index contributed by atoms with van der Waals surface area (Å²) in [5, 5.41) is 12.6. The molecule has 0 aliphatic carbocycles. The summed E-state index contributed by atoms with van der Waals surface area (Å²) in [6.07, 6.45) is -2.60. The average Bonchev–Trinajstić information content (AvgIpc) is 3.23. The first-order chi connectivity index (χ1) is 14.2. The molecule has 0 spiro atoms. The van der Waals surface area contributed by atoms with E-state index in [0.717, 1.165) is 28.1 Å². The van der Waals surface area contributed by atoms with Crippen molar-refractivity contribution in [3.8, 4) is 6.07 Å². The van der Waals surface area contributed by atoms with Crippen molar-refractivity contribution >= 4 is 11.6 Å². The van der Waals surface area contributed by atoms with Crippen molar-refractivity contribution in [1.29, 1.82) is 5.26 Å². The van der Waals surface area contributed by atoms with Crippen LogP contribution in [-0.4, -0.2) is 32.0 Å². The number of nitriles is 1. The van der Waals surface area contributed by atoms with Crippen LogP contribution in [0.4, 0.5) is 19.0 Å². The zero-order chi connectivity index (χ0) is 21.6. The Hall–Kier alpha value is -3.12. The first-order valence-electron chi connectivity index (χ1n) is 9.59. The second-order valence-electron chi connectivity index (χ2n) is 7.68. The molecule has 1 aliphatic rings. The van der Waals surface area contributed by atoms with Gasteiger partial charge < -0.3 is 5.32 Å². The van der Waals surface area contributed by atoms with Crippen LogP contribution in [0.15, 0.2) is 24.4 Å². The van der Waals surface area contributed by atoms with E-state index in [0.29, 0.717) is 17.2 Å². The van der Waals surface area contributed by atoms with Crippen molar-refractivity contribution in [2.75, 3.05) is 11.9 Å². The lowest BCUT2D eigenvalue weighted by Gasteiger charge is -2.20. The van der Waals surface area contributed by atoms with Gasteiger partial charge in [-0.3, -0.25) is 9.30 Å². The van der Waals surface area contributed by atoms with Gasteiger partial charge in [-0.2, -0.15) is 23.4 Å². The summed E-state index contributed by atoms with van der Waals surface area (Å²) in [6, 6.07) is 7.51. The Morgan fingerprint density at radius 3 is 2.73 bits per heavy atom. The van der Waals surface area contributed by atoms with Crippen LogP contribution in [0, 0.1) is 25.2 Å². The Morgan fingerprint density at radius 1 is 1.27 bits per heavy atom. The SMILES string of the molecule is Cc1c(C#N)cccc1[C@@H](C)Nc1nc2ncc(C)n2c2c1CN(CC(F)(F)F)C2. The molecule has 0 fully saturated rings. The van der Waals surface area contributed by atoms with E-state index in [2.05, 4.69) is 21.4 Å². The van der Waals surface area contributed by atoms with E-state index in [1.165, 1.54) is 4.90 Å². The maximum atomic E-state index is 13.0. The highest BCUT2D eigenvalue weighted by Crippen LogP contribution is 2.34. The lowest BCUT2D eigenvalue weighted by Crippen LogP contribution is -2.30. The number of benzene rings is 1. The first kappa shape index (κ1) is 20.2. The minimum Gasteiger partial charge on any atom is -0.363 e. The van der Waals surface area contributed by atoms with Crippen molar-refractivity contribution in [2.24, 2.45) is 0 Å². The number of nitrogens with zero attached hydrogens (tertiary/aromatic N) is 5. The number of anilines is 1. The summed E-state index contributed by atoms with van der Waals surface area (Å²) in [5.74, 6) is 0.986. The summed E-state index contributed by atoms with van der Waals surface area (Å²) < 4.78 is 40.8. The molecule has 156 valence electrons. The highest BCUT2D eigenvalue weighted by atomic mass is 19.4. The van der Waals surface area contributed by atoms with E-state index in [1.54, 1.807) is 12.3 Å². The predicted octanol–water partition coefficient (Wildman–Crippen LogP) is 4.27. The highest BCUT2D eigenvalue weighted by Gasteiger charge is 2.36. The fourth-order valence-electron chi connectivity index (χ4n) is 4.11. The van der Waals surface area contributed by atoms with E-state index >= 15 is 0 Å². The van der Waals surface area contributed by atoms with E-state index < -0.39 is 12.7 Å². The maximum absolute atomic E-state index is 13.0. The molecule has 1 aliphatic heterocycles. The topological polar surface area (TPSA) is 69.2 Å². The van der Waals surface area contributed by atoms with Crippen molar-refractivity contribution in [3.05, 3.63) is 58.0 Å². The smallest absolute Gasteiger partial charge is 0.363 e. The quantitative estimate of drug-likeness (QED) is 0.691. The third-order valence-electron chi connectivity index (χ3n) is 5.51. The van der Waals surface area contributed by atoms with Crippen LogP contribution in [0.3, 0.4) is 0 Å². The summed E-state index contributed by atoms with van der Waals surface area (Å²) in [7, 11) is 0. The largest absolute Gasteiger partial charge is 0.401 e. The predicted molar refractivity (Wildman–Crippen MR) is 106 cm³/mol. The molecule has 1 N–H and O–H groups in total. The van der Waals surface area contributed by atoms with Crippen LogP contribution >= 0.6 is 0 Å². The van der Waals surface area contributed by atoms with Gasteiger partial charge in [0.25, 0.3) is 0 Å². The number of halogens is 3. The molecular formula is C21H21F3N6. The number of fused-ring (bicyclic) bond motifs is 3. The minimum atomic E-state index is -4.27. The van der Waals surface area contributed by atoms with Crippen LogP contribution in [0.2, 0.25) is 0 Å². The van der Waals surface area contributed by atoms with Crippen molar-refractivity contribution in [1.82, 2.24) is 19.3 Å². The maximum Gasteiger partial charge on any atom is 0.401 e. The molecule has 0 unspecified atom stereocenters. The number of imidazole rings is 1. The second kappa shape index (κ2) is 7.29. The highest BCUT2D eigenvalue weighted by molar-refractivity contribution is 5.56. The standard InChI is InChI=1S/C21H21F3N6/c1-12-8-26-20-28-19(27-14(3)16-6-4-5-15(7-25)13(16)2)17-9-29(11-21(22,23)24)10-18(17)30(12)20/h4-6,8,14H,9-11H2,1-3H3,(H,26,27,28)/t14-/m1/s1. The van der Waals surface area contributed by atoms with Crippen LogP contribution in [-0.2, 0) is 13.1 Å². The average molecular weight is 414 g/mol. The number of hydrogen-bond donors (Lipinski definition) is 1. The molecule has 3 heterocycles. The number of alkyl halides is 3. The lowest BCUT2D eigenvalue weighted by atomic mass is 9.98. The normalized spacial score (nSPS) is 15.2. The molecule has 2 aromatic heterocycles. The molecular weight excluding hydrogens is 393 g/mol. The third-order valence-corrected chi connectivity index (χ3v) is 5.51. The Labute approximate surface area is 172 Å². The van der Waals surface area contributed by atoms with Crippen LogP contribution in [0.5, 0.6) is 0 Å². The number of aryl methyl sites for hydroxylation is 1. The van der Waals surface area contributed by atoms with E-state index in [-0.39, 0.29) is 19.1 Å². The summed E-state index contributed by atoms with van der Waals surface area (Å²) in [6.45, 7) is 5.05. The lowest BCUT2D eigenvalue weighted by molar-refractivity contribution is -0.147. The minimum absolute atomic E-state index is 0.154. The van der Waals surface area contributed by atoms with Gasteiger partial charge in [-0.1, -0.05) is 12.1 Å². The molecule has 3 aromatic rings. The van der Waals surface area contributed by atoms with Gasteiger partial charge in [0.1, 0.15) is 5.82 Å². The molecule has 1 aromatic carbocycles. The van der Waals surface area contributed by atoms with Gasteiger partial charge in [0.15, 0.2) is 0 Å². The Kier molecular flexibility index (Phi) is 4.90. The molecule has 4 rings (SSSR count). The number of nitrogens with one attached hydrogen (secondary N) is 1. The van der Waals surface area contributed by atoms with Crippen molar-refractivity contribution in [3.63, 3.8) is 0 Å². The van der Waals surface area contributed by atoms with Crippen molar-refractivity contribution < 1.29 is 13.2 Å². The molecule has 0 bridgehead atoms. The molecule has 9 heteroatoms. The summed E-state index contributed by atoms with van der Waals surface area (Å²) in [5.41, 5.74) is 4.75. The molecule has 1 atom stereocenters. The Morgan fingerprint density at radius 2 is 2.03 bits per heavy atom. The van der Waals surface area contributed by atoms with E-state index in [4.69, 9.17) is 0 Å². The number of rotatable bonds is 4. The third kappa shape index (κ3) is 3.59. The zero-order valence-corrected chi connectivity index (χ0v) is 16.9. The Balaban J connectivity index is 1.73. The molecule has 30 heavy (non-hydrogen) atoms.